The first-order chi connectivity index (χ1) is 12.7. The largest absolute Gasteiger partial charge is 0.335 e. The average molecular weight is 354 g/mol. The van der Waals surface area contributed by atoms with Gasteiger partial charge in [0.25, 0.3) is 0 Å². The molecule has 2 aromatic rings. The Bertz CT molecular complexity index is 697. The number of hydrogen-bond acceptors (Lipinski definition) is 3. The molecule has 0 saturated carbocycles. The second-order valence-electron chi connectivity index (χ2n) is 7.14. The maximum Gasteiger partial charge on any atom is 0.224 e. The van der Waals surface area contributed by atoms with E-state index in [1.54, 1.807) is 0 Å². The van der Waals surface area contributed by atoms with Crippen molar-refractivity contribution in [3.05, 3.63) is 54.1 Å². The second-order valence-corrected chi connectivity index (χ2v) is 7.14. The minimum atomic E-state index is 0.286. The Morgan fingerprint density at radius 2 is 2.00 bits per heavy atom. The molecular weight excluding hydrogens is 324 g/mol. The monoisotopic (exact) mass is 354 g/mol. The van der Waals surface area contributed by atoms with E-state index in [9.17, 15) is 4.79 Å². The molecule has 1 atom stereocenters. The van der Waals surface area contributed by atoms with Crippen LogP contribution in [-0.2, 0) is 17.9 Å². The molecule has 1 amide bonds. The second kappa shape index (κ2) is 8.99. The van der Waals surface area contributed by atoms with Crippen molar-refractivity contribution in [3.63, 3.8) is 0 Å². The van der Waals surface area contributed by atoms with Crippen LogP contribution in [0.2, 0.25) is 0 Å². The van der Waals surface area contributed by atoms with Crippen LogP contribution >= 0.6 is 0 Å². The van der Waals surface area contributed by atoms with Gasteiger partial charge in [0.1, 0.15) is 5.82 Å². The zero-order chi connectivity index (χ0) is 18.4. The highest BCUT2D eigenvalue weighted by Gasteiger charge is 2.28. The van der Waals surface area contributed by atoms with Gasteiger partial charge in [0.2, 0.25) is 5.91 Å². The first-order valence-electron chi connectivity index (χ1n) is 9.71. The maximum absolute atomic E-state index is 12.7. The number of carbonyl (C=O) groups excluding carboxylic acids is 1. The predicted octanol–water partition coefficient (Wildman–Crippen LogP) is 3.09. The number of aromatic nitrogens is 2. The van der Waals surface area contributed by atoms with Crippen LogP contribution in [0.1, 0.15) is 37.6 Å². The Hall–Kier alpha value is -2.14. The van der Waals surface area contributed by atoms with Crippen LogP contribution in [0.15, 0.2) is 42.7 Å². The third-order valence-electron chi connectivity index (χ3n) is 5.34. The summed E-state index contributed by atoms with van der Waals surface area (Å²) in [4.78, 5) is 21.6. The van der Waals surface area contributed by atoms with Gasteiger partial charge < -0.3 is 14.4 Å². The summed E-state index contributed by atoms with van der Waals surface area (Å²) in [5.74, 6) is 1.35. The van der Waals surface area contributed by atoms with Gasteiger partial charge in [-0.05, 0) is 31.9 Å². The molecule has 1 saturated heterocycles. The molecule has 5 heteroatoms. The van der Waals surface area contributed by atoms with E-state index in [1.165, 1.54) is 5.56 Å². The van der Waals surface area contributed by atoms with Crippen molar-refractivity contribution in [3.8, 4) is 0 Å². The normalized spacial score (nSPS) is 18.9. The SMILES string of the molecule is CC[C@H]1CN(CCCn2ccnc2C)CCC(=O)N1Cc1ccccc1. The molecule has 2 heterocycles. The third-order valence-corrected chi connectivity index (χ3v) is 5.34. The molecule has 0 unspecified atom stereocenters. The summed E-state index contributed by atoms with van der Waals surface area (Å²) in [5.41, 5.74) is 1.21. The molecule has 1 aliphatic rings. The van der Waals surface area contributed by atoms with Gasteiger partial charge in [-0.1, -0.05) is 37.3 Å². The molecule has 5 nitrogen and oxygen atoms in total. The van der Waals surface area contributed by atoms with Gasteiger partial charge in [-0.25, -0.2) is 4.98 Å². The van der Waals surface area contributed by atoms with E-state index in [-0.39, 0.29) is 5.91 Å². The van der Waals surface area contributed by atoms with Crippen molar-refractivity contribution in [2.45, 2.75) is 52.2 Å². The molecule has 0 spiro atoms. The van der Waals surface area contributed by atoms with E-state index in [2.05, 4.69) is 38.4 Å². The van der Waals surface area contributed by atoms with Gasteiger partial charge in [-0.3, -0.25) is 4.79 Å². The van der Waals surface area contributed by atoms with Gasteiger partial charge in [-0.2, -0.15) is 0 Å². The fourth-order valence-electron chi connectivity index (χ4n) is 3.74. The van der Waals surface area contributed by atoms with E-state index in [4.69, 9.17) is 0 Å². The van der Waals surface area contributed by atoms with Crippen LogP contribution in [-0.4, -0.2) is 50.9 Å². The van der Waals surface area contributed by atoms with Crippen molar-refractivity contribution < 1.29 is 4.79 Å². The quantitative estimate of drug-likeness (QED) is 0.767. The number of imidazole rings is 1. The fraction of sp³-hybridized carbons (Fsp3) is 0.524. The number of hydrogen-bond donors (Lipinski definition) is 0. The van der Waals surface area contributed by atoms with Crippen LogP contribution < -0.4 is 0 Å². The van der Waals surface area contributed by atoms with Gasteiger partial charge in [0.15, 0.2) is 0 Å². The summed E-state index contributed by atoms with van der Waals surface area (Å²) in [6.45, 7) is 8.80. The Kier molecular flexibility index (Phi) is 6.45. The molecule has 140 valence electrons. The van der Waals surface area contributed by atoms with Crippen molar-refractivity contribution in [2.75, 3.05) is 19.6 Å². The molecule has 1 fully saturated rings. The van der Waals surface area contributed by atoms with Gasteiger partial charge in [-0.15, -0.1) is 0 Å². The van der Waals surface area contributed by atoms with Crippen molar-refractivity contribution >= 4 is 5.91 Å². The first kappa shape index (κ1) is 18.6. The molecule has 0 radical (unpaired) electrons. The third kappa shape index (κ3) is 4.73. The highest BCUT2D eigenvalue weighted by Crippen LogP contribution is 2.18. The summed E-state index contributed by atoms with van der Waals surface area (Å²) in [5, 5.41) is 0. The maximum atomic E-state index is 12.7. The standard InChI is InChI=1S/C21H30N4O/c1-3-20-17-23(12-7-13-24-15-11-22-18(24)2)14-10-21(26)25(20)16-19-8-5-4-6-9-19/h4-6,8-9,11,15,20H,3,7,10,12-14,16-17H2,1-2H3/t20-/m0/s1. The van der Waals surface area contributed by atoms with E-state index >= 15 is 0 Å². The lowest BCUT2D eigenvalue weighted by atomic mass is 10.1. The molecule has 0 N–H and O–H groups in total. The van der Waals surface area contributed by atoms with Crippen LogP contribution in [0.4, 0.5) is 0 Å². The Balaban J connectivity index is 1.58. The van der Waals surface area contributed by atoms with Crippen LogP contribution in [0, 0.1) is 6.92 Å². The number of amides is 1. The van der Waals surface area contributed by atoms with Gasteiger partial charge >= 0.3 is 0 Å². The number of benzene rings is 1. The average Bonchev–Trinajstić information content (AvgIpc) is 3.00. The van der Waals surface area contributed by atoms with E-state index in [0.717, 1.165) is 51.4 Å². The molecule has 26 heavy (non-hydrogen) atoms. The topological polar surface area (TPSA) is 41.4 Å². The van der Waals surface area contributed by atoms with E-state index in [1.807, 2.05) is 37.5 Å². The van der Waals surface area contributed by atoms with Crippen LogP contribution in [0.3, 0.4) is 0 Å². The summed E-state index contributed by atoms with van der Waals surface area (Å²) >= 11 is 0. The molecular formula is C21H30N4O. The van der Waals surface area contributed by atoms with Gasteiger partial charge in [0, 0.05) is 51.0 Å². The van der Waals surface area contributed by atoms with Crippen LogP contribution in [0.25, 0.3) is 0 Å². The number of nitrogens with zero attached hydrogens (tertiary/aromatic N) is 4. The lowest BCUT2D eigenvalue weighted by Crippen LogP contribution is -2.42. The molecule has 3 rings (SSSR count). The van der Waals surface area contributed by atoms with Crippen molar-refractivity contribution in [1.29, 1.82) is 0 Å². The highest BCUT2D eigenvalue weighted by atomic mass is 16.2. The summed E-state index contributed by atoms with van der Waals surface area (Å²) in [6, 6.07) is 10.6. The lowest BCUT2D eigenvalue weighted by Gasteiger charge is -2.31. The van der Waals surface area contributed by atoms with E-state index < -0.39 is 0 Å². The number of aryl methyl sites for hydroxylation is 2. The zero-order valence-corrected chi connectivity index (χ0v) is 16.0. The predicted molar refractivity (Wildman–Crippen MR) is 104 cm³/mol. The van der Waals surface area contributed by atoms with Gasteiger partial charge in [0.05, 0.1) is 0 Å². The lowest BCUT2D eigenvalue weighted by molar-refractivity contribution is -0.133. The number of rotatable bonds is 7. The van der Waals surface area contributed by atoms with Crippen molar-refractivity contribution in [2.24, 2.45) is 0 Å². The molecule has 0 aliphatic carbocycles. The molecule has 0 bridgehead atoms. The highest BCUT2D eigenvalue weighted by molar-refractivity contribution is 5.77. The van der Waals surface area contributed by atoms with E-state index in [0.29, 0.717) is 12.5 Å². The smallest absolute Gasteiger partial charge is 0.224 e. The summed E-state index contributed by atoms with van der Waals surface area (Å²) in [7, 11) is 0. The molecule has 1 aromatic carbocycles. The summed E-state index contributed by atoms with van der Waals surface area (Å²) < 4.78 is 2.20. The Labute approximate surface area is 156 Å². The minimum absolute atomic E-state index is 0.286. The van der Waals surface area contributed by atoms with Crippen LogP contribution in [0.5, 0.6) is 0 Å². The fourth-order valence-corrected chi connectivity index (χ4v) is 3.74. The Morgan fingerprint density at radius 3 is 2.69 bits per heavy atom. The molecule has 1 aromatic heterocycles. The van der Waals surface area contributed by atoms with Crippen molar-refractivity contribution in [1.82, 2.24) is 19.4 Å². The summed E-state index contributed by atoms with van der Waals surface area (Å²) in [6.07, 6.45) is 6.59. The molecule has 1 aliphatic heterocycles. The minimum Gasteiger partial charge on any atom is -0.335 e. The number of carbonyl (C=O) groups is 1. The zero-order valence-electron chi connectivity index (χ0n) is 16.0. The Morgan fingerprint density at radius 1 is 1.19 bits per heavy atom. The first-order valence-corrected chi connectivity index (χ1v) is 9.71.